The number of ether oxygens (including phenoxy) is 1. The lowest BCUT2D eigenvalue weighted by atomic mass is 9.85. The van der Waals surface area contributed by atoms with E-state index in [9.17, 15) is 9.59 Å². The molecule has 0 aliphatic rings. The molecule has 1 amide bonds. The van der Waals surface area contributed by atoms with Crippen molar-refractivity contribution in [2.75, 3.05) is 0 Å². The van der Waals surface area contributed by atoms with E-state index in [0.717, 1.165) is 21.9 Å². The topological polar surface area (TPSA) is 55.4 Å². The summed E-state index contributed by atoms with van der Waals surface area (Å²) in [6.07, 6.45) is 0.360. The van der Waals surface area contributed by atoms with E-state index in [-0.39, 0.29) is 18.4 Å². The van der Waals surface area contributed by atoms with Gasteiger partial charge in [-0.2, -0.15) is 0 Å². The maximum Gasteiger partial charge on any atom is 0.407 e. The molecule has 0 spiro atoms. The lowest BCUT2D eigenvalue weighted by Gasteiger charge is -2.27. The molecule has 0 aliphatic heterocycles. The van der Waals surface area contributed by atoms with Gasteiger partial charge in [0.15, 0.2) is 0 Å². The van der Waals surface area contributed by atoms with Gasteiger partial charge in [-0.25, -0.2) is 4.79 Å². The fourth-order valence-electron chi connectivity index (χ4n) is 2.58. The van der Waals surface area contributed by atoms with Crippen LogP contribution in [-0.4, -0.2) is 12.4 Å². The third-order valence-electron chi connectivity index (χ3n) is 4.03. The minimum absolute atomic E-state index is 0.0839. The van der Waals surface area contributed by atoms with Crippen LogP contribution < -0.4 is 5.32 Å². The summed E-state index contributed by atoms with van der Waals surface area (Å²) < 4.78 is 6.24. The first kappa shape index (κ1) is 19.2. The van der Waals surface area contributed by atoms with Gasteiger partial charge in [-0.1, -0.05) is 72.2 Å². The summed E-state index contributed by atoms with van der Waals surface area (Å²) in [5.74, 6) is -0.258. The SMILES string of the molecule is CC(C)[C@@H](C=O)[C@H](NC(=O)OCc1ccccc1)c1ccc(Br)cc1. The smallest absolute Gasteiger partial charge is 0.407 e. The Morgan fingerprint density at radius 1 is 1.12 bits per heavy atom. The number of benzene rings is 2. The number of halogens is 1. The van der Waals surface area contributed by atoms with Crippen LogP contribution >= 0.6 is 15.9 Å². The van der Waals surface area contributed by atoms with E-state index < -0.39 is 12.1 Å². The monoisotopic (exact) mass is 403 g/mol. The molecule has 0 saturated heterocycles. The maximum absolute atomic E-state index is 12.3. The largest absolute Gasteiger partial charge is 0.445 e. The van der Waals surface area contributed by atoms with Gasteiger partial charge in [0, 0.05) is 10.4 Å². The van der Waals surface area contributed by atoms with Crippen LogP contribution in [0, 0.1) is 11.8 Å². The van der Waals surface area contributed by atoms with E-state index in [0.29, 0.717) is 0 Å². The highest BCUT2D eigenvalue weighted by atomic mass is 79.9. The molecular weight excluding hydrogens is 382 g/mol. The Balaban J connectivity index is 2.10. The molecule has 0 saturated carbocycles. The van der Waals surface area contributed by atoms with Crippen LogP contribution in [0.2, 0.25) is 0 Å². The molecule has 132 valence electrons. The summed E-state index contributed by atoms with van der Waals surface area (Å²) in [6, 6.07) is 16.6. The summed E-state index contributed by atoms with van der Waals surface area (Å²) in [6.45, 7) is 4.11. The number of aldehydes is 1. The number of alkyl carbamates (subject to hydrolysis) is 1. The average molecular weight is 404 g/mol. The van der Waals surface area contributed by atoms with Gasteiger partial charge in [-0.05, 0) is 29.2 Å². The zero-order valence-electron chi connectivity index (χ0n) is 14.3. The van der Waals surface area contributed by atoms with Crippen LogP contribution in [0.25, 0.3) is 0 Å². The lowest BCUT2D eigenvalue weighted by molar-refractivity contribution is -0.113. The van der Waals surface area contributed by atoms with Crippen molar-refractivity contribution >= 4 is 28.3 Å². The van der Waals surface area contributed by atoms with Crippen molar-refractivity contribution in [2.24, 2.45) is 11.8 Å². The predicted octanol–water partition coefficient (Wildman–Crippen LogP) is 4.89. The molecule has 0 unspecified atom stereocenters. The molecule has 0 aromatic heterocycles. The van der Waals surface area contributed by atoms with Crippen LogP contribution in [-0.2, 0) is 16.1 Å². The maximum atomic E-state index is 12.3. The highest BCUT2D eigenvalue weighted by Gasteiger charge is 2.27. The van der Waals surface area contributed by atoms with Gasteiger partial charge in [0.25, 0.3) is 0 Å². The van der Waals surface area contributed by atoms with E-state index >= 15 is 0 Å². The fourth-order valence-corrected chi connectivity index (χ4v) is 2.85. The van der Waals surface area contributed by atoms with E-state index in [1.54, 1.807) is 0 Å². The number of hydrogen-bond donors (Lipinski definition) is 1. The van der Waals surface area contributed by atoms with Crippen molar-refractivity contribution in [1.29, 1.82) is 0 Å². The molecule has 2 rings (SSSR count). The number of nitrogens with one attached hydrogen (secondary N) is 1. The second-order valence-electron chi connectivity index (χ2n) is 6.19. The number of carbonyl (C=O) groups is 2. The van der Waals surface area contributed by atoms with Crippen LogP contribution in [0.3, 0.4) is 0 Å². The van der Waals surface area contributed by atoms with Gasteiger partial charge in [0.05, 0.1) is 6.04 Å². The van der Waals surface area contributed by atoms with E-state index in [4.69, 9.17) is 4.74 Å². The minimum Gasteiger partial charge on any atom is -0.445 e. The molecule has 25 heavy (non-hydrogen) atoms. The second kappa shape index (κ2) is 9.37. The predicted molar refractivity (Wildman–Crippen MR) is 101 cm³/mol. The molecule has 4 nitrogen and oxygen atoms in total. The van der Waals surface area contributed by atoms with Gasteiger partial charge in [0.1, 0.15) is 12.9 Å². The van der Waals surface area contributed by atoms with Crippen molar-refractivity contribution in [3.05, 3.63) is 70.2 Å². The minimum atomic E-state index is -0.538. The Hall–Kier alpha value is -2.14. The Morgan fingerprint density at radius 3 is 2.32 bits per heavy atom. The first-order valence-corrected chi connectivity index (χ1v) is 8.98. The third kappa shape index (κ3) is 5.71. The molecule has 5 heteroatoms. The number of amides is 1. The molecule has 0 heterocycles. The van der Waals surface area contributed by atoms with Gasteiger partial charge < -0.3 is 14.8 Å². The molecule has 2 aromatic rings. The second-order valence-corrected chi connectivity index (χ2v) is 7.11. The van der Waals surface area contributed by atoms with Gasteiger partial charge in [0.2, 0.25) is 0 Å². The van der Waals surface area contributed by atoms with Crippen molar-refractivity contribution in [2.45, 2.75) is 26.5 Å². The van der Waals surface area contributed by atoms with Crippen molar-refractivity contribution in [3.8, 4) is 0 Å². The number of hydrogen-bond acceptors (Lipinski definition) is 3. The van der Waals surface area contributed by atoms with Crippen LogP contribution in [0.4, 0.5) is 4.79 Å². The Morgan fingerprint density at radius 2 is 1.76 bits per heavy atom. The Labute approximate surface area is 156 Å². The zero-order chi connectivity index (χ0) is 18.2. The first-order valence-electron chi connectivity index (χ1n) is 8.19. The molecule has 2 atom stereocenters. The highest BCUT2D eigenvalue weighted by Crippen LogP contribution is 2.28. The van der Waals surface area contributed by atoms with E-state index in [1.807, 2.05) is 68.4 Å². The number of carbonyl (C=O) groups excluding carboxylic acids is 2. The fraction of sp³-hybridized carbons (Fsp3) is 0.300. The molecule has 2 aromatic carbocycles. The average Bonchev–Trinajstić information content (AvgIpc) is 2.61. The van der Waals surface area contributed by atoms with Crippen LogP contribution in [0.15, 0.2) is 59.1 Å². The Bertz CT molecular complexity index is 686. The van der Waals surface area contributed by atoms with Crippen LogP contribution in [0.1, 0.15) is 31.0 Å². The van der Waals surface area contributed by atoms with Gasteiger partial charge in [-0.15, -0.1) is 0 Å². The normalized spacial score (nSPS) is 13.1. The van der Waals surface area contributed by atoms with Crippen molar-refractivity contribution in [1.82, 2.24) is 5.32 Å². The van der Waals surface area contributed by atoms with Crippen molar-refractivity contribution < 1.29 is 14.3 Å². The highest BCUT2D eigenvalue weighted by molar-refractivity contribution is 9.10. The zero-order valence-corrected chi connectivity index (χ0v) is 15.9. The summed E-state index contributed by atoms with van der Waals surface area (Å²) in [5.41, 5.74) is 1.78. The number of rotatable bonds is 7. The molecule has 0 radical (unpaired) electrons. The molecule has 0 aliphatic carbocycles. The van der Waals surface area contributed by atoms with Crippen molar-refractivity contribution in [3.63, 3.8) is 0 Å². The lowest BCUT2D eigenvalue weighted by Crippen LogP contribution is -2.36. The molecule has 0 bridgehead atoms. The van der Waals surface area contributed by atoms with E-state index in [1.165, 1.54) is 0 Å². The first-order chi connectivity index (χ1) is 12.0. The van der Waals surface area contributed by atoms with E-state index in [2.05, 4.69) is 21.2 Å². The summed E-state index contributed by atoms with van der Waals surface area (Å²) in [5, 5.41) is 2.85. The van der Waals surface area contributed by atoms with Gasteiger partial charge in [-0.3, -0.25) is 0 Å². The van der Waals surface area contributed by atoms with Gasteiger partial charge >= 0.3 is 6.09 Å². The standard InChI is InChI=1S/C20H22BrNO3/c1-14(2)18(12-23)19(16-8-10-17(21)11-9-16)22-20(24)25-13-15-6-4-3-5-7-15/h3-12,14,18-19H,13H2,1-2H3,(H,22,24)/t18-,19-/m1/s1. The third-order valence-corrected chi connectivity index (χ3v) is 4.56. The summed E-state index contributed by atoms with van der Waals surface area (Å²) in [4.78, 5) is 23.8. The summed E-state index contributed by atoms with van der Waals surface area (Å²) >= 11 is 3.40. The Kier molecular flexibility index (Phi) is 7.19. The quantitative estimate of drug-likeness (QED) is 0.669. The summed E-state index contributed by atoms with van der Waals surface area (Å²) in [7, 11) is 0. The molecule has 1 N–H and O–H groups in total. The molecular formula is C20H22BrNO3. The molecule has 0 fully saturated rings. The van der Waals surface area contributed by atoms with Crippen LogP contribution in [0.5, 0.6) is 0 Å².